The van der Waals surface area contributed by atoms with Crippen molar-refractivity contribution in [1.29, 1.82) is 0 Å². The quantitative estimate of drug-likeness (QED) is 0.335. The minimum atomic E-state index is -0.197. The second-order valence-corrected chi connectivity index (χ2v) is 10.8. The van der Waals surface area contributed by atoms with Gasteiger partial charge in [-0.25, -0.2) is 4.98 Å². The Kier molecular flexibility index (Phi) is 6.57. The highest BCUT2D eigenvalue weighted by atomic mass is 35.5. The molecule has 1 N–H and O–H groups in total. The summed E-state index contributed by atoms with van der Waals surface area (Å²) in [6.07, 6.45) is 1.57. The van der Waals surface area contributed by atoms with E-state index in [1.54, 1.807) is 53.3 Å². The van der Waals surface area contributed by atoms with Crippen molar-refractivity contribution < 1.29 is 14.0 Å². The predicted octanol–water partition coefficient (Wildman–Crippen LogP) is 6.12. The second kappa shape index (κ2) is 9.62. The van der Waals surface area contributed by atoms with Crippen LogP contribution in [0.3, 0.4) is 0 Å². The Morgan fingerprint density at radius 2 is 2.06 bits per heavy atom. The maximum atomic E-state index is 13.5. The number of amides is 2. The van der Waals surface area contributed by atoms with E-state index in [0.29, 0.717) is 39.3 Å². The first-order valence-electron chi connectivity index (χ1n) is 10.5. The first-order chi connectivity index (χ1) is 16.4. The molecule has 0 radical (unpaired) electrons. The molecule has 1 aliphatic heterocycles. The SMILES string of the molecule is Cc1nc(C(=O)N2CSC[C@H]2CNC(=O)c2cccc3occc23)c(-c2ccc(Cl)c(Cl)c2)s1. The van der Waals surface area contributed by atoms with Crippen LogP contribution < -0.4 is 5.32 Å². The molecule has 3 heterocycles. The molecule has 0 aliphatic carbocycles. The summed E-state index contributed by atoms with van der Waals surface area (Å²) in [5, 5.41) is 5.42. The summed E-state index contributed by atoms with van der Waals surface area (Å²) >= 11 is 15.4. The zero-order valence-electron chi connectivity index (χ0n) is 18.0. The second-order valence-electron chi connectivity index (χ2n) is 7.82. The Hall–Kier alpha value is -2.52. The van der Waals surface area contributed by atoms with Crippen molar-refractivity contribution in [2.24, 2.45) is 0 Å². The standard InChI is InChI=1S/C24H19Cl2N3O3S2/c1-13-28-21(22(34-13)14-5-6-18(25)19(26)9-14)24(31)29-12-33-11-15(29)10-27-23(30)17-3-2-4-20-16(17)7-8-32-20/h2-9,15H,10-12H2,1H3,(H,27,30)/t15-/m1/s1. The number of nitrogens with zero attached hydrogens (tertiary/aromatic N) is 2. The van der Waals surface area contributed by atoms with Gasteiger partial charge >= 0.3 is 0 Å². The lowest BCUT2D eigenvalue weighted by Gasteiger charge is -2.24. The van der Waals surface area contributed by atoms with Crippen LogP contribution >= 0.6 is 46.3 Å². The molecule has 34 heavy (non-hydrogen) atoms. The van der Waals surface area contributed by atoms with Crippen LogP contribution in [0.1, 0.15) is 25.9 Å². The van der Waals surface area contributed by atoms with Gasteiger partial charge in [-0.15, -0.1) is 23.1 Å². The van der Waals surface area contributed by atoms with Crippen molar-refractivity contribution in [2.75, 3.05) is 18.2 Å². The maximum Gasteiger partial charge on any atom is 0.275 e. The number of hydrogen-bond donors (Lipinski definition) is 1. The van der Waals surface area contributed by atoms with Crippen LogP contribution in [0.5, 0.6) is 0 Å². The van der Waals surface area contributed by atoms with E-state index in [-0.39, 0.29) is 17.9 Å². The zero-order chi connectivity index (χ0) is 23.8. The molecule has 1 atom stereocenters. The van der Waals surface area contributed by atoms with Crippen LogP contribution in [0.25, 0.3) is 21.4 Å². The zero-order valence-corrected chi connectivity index (χ0v) is 21.2. The van der Waals surface area contributed by atoms with Crippen molar-refractivity contribution in [2.45, 2.75) is 13.0 Å². The lowest BCUT2D eigenvalue weighted by atomic mass is 10.1. The average molecular weight is 532 g/mol. The third-order valence-corrected chi connectivity index (χ3v) is 8.44. The van der Waals surface area contributed by atoms with Gasteiger partial charge < -0.3 is 14.6 Å². The maximum absolute atomic E-state index is 13.5. The molecular formula is C24H19Cl2N3O3S2. The molecule has 10 heteroatoms. The van der Waals surface area contributed by atoms with Gasteiger partial charge in [0.25, 0.3) is 11.8 Å². The number of carbonyl (C=O) groups excluding carboxylic acids is 2. The largest absolute Gasteiger partial charge is 0.464 e. The minimum Gasteiger partial charge on any atom is -0.464 e. The Morgan fingerprint density at radius 3 is 2.88 bits per heavy atom. The number of fused-ring (bicyclic) bond motifs is 1. The lowest BCUT2D eigenvalue weighted by Crippen LogP contribution is -2.44. The highest BCUT2D eigenvalue weighted by Crippen LogP contribution is 2.36. The van der Waals surface area contributed by atoms with Gasteiger partial charge in [-0.05, 0) is 42.8 Å². The normalized spacial score (nSPS) is 15.7. The van der Waals surface area contributed by atoms with Crippen LogP contribution in [0.2, 0.25) is 10.0 Å². The highest BCUT2D eigenvalue weighted by Gasteiger charge is 2.33. The van der Waals surface area contributed by atoms with Crippen LogP contribution in [-0.4, -0.2) is 45.9 Å². The summed E-state index contributed by atoms with van der Waals surface area (Å²) in [7, 11) is 0. The highest BCUT2D eigenvalue weighted by molar-refractivity contribution is 7.99. The number of nitrogens with one attached hydrogen (secondary N) is 1. The molecule has 0 spiro atoms. The number of thioether (sulfide) groups is 1. The number of furan rings is 1. The summed E-state index contributed by atoms with van der Waals surface area (Å²) in [6, 6.07) is 12.3. The number of benzene rings is 2. The van der Waals surface area contributed by atoms with Gasteiger partial charge in [0.05, 0.1) is 43.7 Å². The number of aromatic nitrogens is 1. The fourth-order valence-corrected chi connectivity index (χ4v) is 6.32. The van der Waals surface area contributed by atoms with Crippen LogP contribution in [-0.2, 0) is 0 Å². The molecule has 2 aromatic heterocycles. The van der Waals surface area contributed by atoms with Crippen molar-refractivity contribution in [1.82, 2.24) is 15.2 Å². The van der Waals surface area contributed by atoms with Crippen molar-refractivity contribution in [3.05, 3.63) is 75.0 Å². The topological polar surface area (TPSA) is 75.4 Å². The molecule has 0 bridgehead atoms. The Morgan fingerprint density at radius 1 is 1.21 bits per heavy atom. The van der Waals surface area contributed by atoms with E-state index >= 15 is 0 Å². The lowest BCUT2D eigenvalue weighted by molar-refractivity contribution is 0.0732. The Bertz CT molecular complexity index is 1400. The van der Waals surface area contributed by atoms with E-state index in [4.69, 9.17) is 27.6 Å². The van der Waals surface area contributed by atoms with E-state index in [1.165, 1.54) is 11.3 Å². The van der Waals surface area contributed by atoms with E-state index in [2.05, 4.69) is 10.3 Å². The number of aryl methyl sites for hydroxylation is 1. The molecular weight excluding hydrogens is 513 g/mol. The predicted molar refractivity (Wildman–Crippen MR) is 138 cm³/mol. The minimum absolute atomic E-state index is 0.145. The third-order valence-electron chi connectivity index (χ3n) is 5.60. The van der Waals surface area contributed by atoms with E-state index < -0.39 is 0 Å². The van der Waals surface area contributed by atoms with Crippen LogP contribution in [0.15, 0.2) is 53.1 Å². The van der Waals surface area contributed by atoms with Gasteiger partial charge in [-0.3, -0.25) is 9.59 Å². The third kappa shape index (κ3) is 4.43. The summed E-state index contributed by atoms with van der Waals surface area (Å²) in [5.41, 5.74) is 2.40. The van der Waals surface area contributed by atoms with Crippen molar-refractivity contribution in [3.8, 4) is 10.4 Å². The van der Waals surface area contributed by atoms with Crippen LogP contribution in [0.4, 0.5) is 0 Å². The number of halogens is 2. The van der Waals surface area contributed by atoms with Gasteiger partial charge in [0.1, 0.15) is 11.3 Å². The first-order valence-corrected chi connectivity index (χ1v) is 13.2. The Labute approximate surface area is 214 Å². The molecule has 2 aromatic carbocycles. The molecule has 174 valence electrons. The van der Waals surface area contributed by atoms with Gasteiger partial charge in [-0.1, -0.05) is 35.3 Å². The van der Waals surface area contributed by atoms with Gasteiger partial charge in [0, 0.05) is 17.7 Å². The molecule has 4 aromatic rings. The molecule has 0 saturated carbocycles. The molecule has 1 aliphatic rings. The number of carbonyl (C=O) groups is 2. The smallest absolute Gasteiger partial charge is 0.275 e. The van der Waals surface area contributed by atoms with Crippen molar-refractivity contribution >= 4 is 69.1 Å². The molecule has 6 nitrogen and oxygen atoms in total. The number of thiazole rings is 1. The monoisotopic (exact) mass is 531 g/mol. The Balaban J connectivity index is 1.34. The fraction of sp³-hybridized carbons (Fsp3) is 0.208. The van der Waals surface area contributed by atoms with Gasteiger partial charge in [-0.2, -0.15) is 0 Å². The molecule has 0 unspecified atom stereocenters. The molecule has 1 fully saturated rings. The molecule has 1 saturated heterocycles. The van der Waals surface area contributed by atoms with Gasteiger partial charge in [0.2, 0.25) is 0 Å². The van der Waals surface area contributed by atoms with Crippen molar-refractivity contribution in [3.63, 3.8) is 0 Å². The number of rotatable bonds is 5. The number of hydrogen-bond acceptors (Lipinski definition) is 6. The summed E-state index contributed by atoms with van der Waals surface area (Å²) in [4.78, 5) is 33.5. The van der Waals surface area contributed by atoms with E-state index in [1.807, 2.05) is 19.1 Å². The molecule has 2 amide bonds. The van der Waals surface area contributed by atoms with Crippen LogP contribution in [0, 0.1) is 6.92 Å². The van der Waals surface area contributed by atoms with Gasteiger partial charge in [0.15, 0.2) is 0 Å². The summed E-state index contributed by atoms with van der Waals surface area (Å²) < 4.78 is 5.39. The average Bonchev–Trinajstić information content (AvgIpc) is 3.57. The van der Waals surface area contributed by atoms with E-state index in [9.17, 15) is 9.59 Å². The summed E-state index contributed by atoms with van der Waals surface area (Å²) in [5.74, 6) is 0.908. The first kappa shape index (κ1) is 23.2. The van der Waals surface area contributed by atoms with E-state index in [0.717, 1.165) is 26.6 Å². The fourth-order valence-electron chi connectivity index (χ4n) is 3.91. The summed E-state index contributed by atoms with van der Waals surface area (Å²) in [6.45, 7) is 2.21. The molecule has 5 rings (SSSR count).